The molecule has 0 radical (unpaired) electrons. The molecule has 0 spiro atoms. The largest absolute Gasteiger partial charge is 0.393 e. The van der Waals surface area contributed by atoms with Crippen molar-refractivity contribution in [2.45, 2.75) is 39.3 Å². The lowest BCUT2D eigenvalue weighted by atomic mass is 10.1. The molecular weight excluding hydrogens is 296 g/mol. The molecule has 1 heterocycles. The monoisotopic (exact) mass is 320 g/mol. The Balaban J connectivity index is 1.96. The molecule has 0 saturated heterocycles. The van der Waals surface area contributed by atoms with Crippen molar-refractivity contribution < 1.29 is 5.11 Å². The van der Waals surface area contributed by atoms with Gasteiger partial charge >= 0.3 is 0 Å². The summed E-state index contributed by atoms with van der Waals surface area (Å²) < 4.78 is 2.16. The van der Waals surface area contributed by atoms with Crippen LogP contribution >= 0.6 is 0 Å². The zero-order valence-corrected chi connectivity index (χ0v) is 14.3. The van der Waals surface area contributed by atoms with E-state index in [9.17, 15) is 5.11 Å². The molecule has 0 fully saturated rings. The van der Waals surface area contributed by atoms with Gasteiger partial charge in [-0.2, -0.15) is 0 Å². The zero-order chi connectivity index (χ0) is 16.9. The van der Waals surface area contributed by atoms with Crippen LogP contribution in [-0.2, 0) is 19.4 Å². The molecule has 124 valence electrons. The van der Waals surface area contributed by atoms with Crippen LogP contribution < -0.4 is 0 Å². The first-order valence-corrected chi connectivity index (χ1v) is 8.52. The molecule has 1 aromatic heterocycles. The van der Waals surface area contributed by atoms with Gasteiger partial charge in [-0.3, -0.25) is 0 Å². The maximum atomic E-state index is 9.93. The normalized spacial score (nSPS) is 12.3. The lowest BCUT2D eigenvalue weighted by Gasteiger charge is -2.13. The molecule has 0 aliphatic carbocycles. The second kappa shape index (κ2) is 7.45. The van der Waals surface area contributed by atoms with Crippen molar-refractivity contribution in [2.75, 3.05) is 0 Å². The summed E-state index contributed by atoms with van der Waals surface area (Å²) in [5.74, 6) is 0. The molecule has 0 amide bonds. The van der Waals surface area contributed by atoms with Crippen LogP contribution in [0.25, 0.3) is 11.3 Å². The molecule has 0 bridgehead atoms. The highest BCUT2D eigenvalue weighted by Gasteiger charge is 2.15. The van der Waals surface area contributed by atoms with Crippen LogP contribution in [0.2, 0.25) is 0 Å². The first kappa shape index (κ1) is 16.5. The lowest BCUT2D eigenvalue weighted by Crippen LogP contribution is -2.11. The van der Waals surface area contributed by atoms with E-state index >= 15 is 0 Å². The minimum absolute atomic E-state index is 0.398. The van der Waals surface area contributed by atoms with E-state index in [-0.39, 0.29) is 0 Å². The molecule has 1 N–H and O–H groups in total. The second-order valence-electron chi connectivity index (χ2n) is 6.26. The number of nitrogens with zero attached hydrogens (tertiary/aromatic N) is 2. The van der Waals surface area contributed by atoms with Gasteiger partial charge in [0.1, 0.15) is 0 Å². The Morgan fingerprint density at radius 3 is 2.50 bits per heavy atom. The van der Waals surface area contributed by atoms with Gasteiger partial charge in [-0.05, 0) is 24.5 Å². The summed E-state index contributed by atoms with van der Waals surface area (Å²) in [4.78, 5) is 4.63. The van der Waals surface area contributed by atoms with E-state index in [2.05, 4.69) is 52.9 Å². The molecule has 1 atom stereocenters. The van der Waals surface area contributed by atoms with Gasteiger partial charge in [0.25, 0.3) is 0 Å². The summed E-state index contributed by atoms with van der Waals surface area (Å²) in [6, 6.07) is 18.8. The van der Waals surface area contributed by atoms with Gasteiger partial charge < -0.3 is 9.67 Å². The van der Waals surface area contributed by atoms with Gasteiger partial charge in [0, 0.05) is 24.2 Å². The van der Waals surface area contributed by atoms with Gasteiger partial charge in [-0.1, -0.05) is 61.5 Å². The Hall–Kier alpha value is -2.39. The second-order valence-corrected chi connectivity index (χ2v) is 6.26. The third-order valence-corrected chi connectivity index (χ3v) is 4.23. The van der Waals surface area contributed by atoms with E-state index in [0.717, 1.165) is 29.9 Å². The van der Waals surface area contributed by atoms with Crippen molar-refractivity contribution in [2.24, 2.45) is 0 Å². The zero-order valence-electron chi connectivity index (χ0n) is 14.3. The minimum Gasteiger partial charge on any atom is -0.393 e. The molecule has 3 rings (SSSR count). The topological polar surface area (TPSA) is 38.0 Å². The van der Waals surface area contributed by atoms with Crippen molar-refractivity contribution in [3.05, 3.63) is 77.7 Å². The van der Waals surface area contributed by atoms with Crippen LogP contribution in [0.15, 0.2) is 60.9 Å². The number of rotatable bonds is 6. The summed E-state index contributed by atoms with van der Waals surface area (Å²) in [7, 11) is 0. The Kier molecular flexibility index (Phi) is 5.11. The van der Waals surface area contributed by atoms with Gasteiger partial charge in [0.15, 0.2) is 0 Å². The van der Waals surface area contributed by atoms with Crippen LogP contribution in [0.5, 0.6) is 0 Å². The third-order valence-electron chi connectivity index (χ3n) is 4.23. The Morgan fingerprint density at radius 1 is 1.04 bits per heavy atom. The molecule has 1 unspecified atom stereocenters. The van der Waals surface area contributed by atoms with Gasteiger partial charge in [-0.25, -0.2) is 4.98 Å². The third kappa shape index (κ3) is 3.74. The highest BCUT2D eigenvalue weighted by Crippen LogP contribution is 2.24. The number of benzene rings is 2. The molecule has 0 aliphatic rings. The van der Waals surface area contributed by atoms with Crippen molar-refractivity contribution in [3.8, 4) is 11.3 Å². The predicted molar refractivity (Wildman–Crippen MR) is 98.0 cm³/mol. The minimum atomic E-state index is -0.398. The summed E-state index contributed by atoms with van der Waals surface area (Å²) in [6.45, 7) is 4.77. The summed E-state index contributed by atoms with van der Waals surface area (Å²) in [5, 5.41) is 9.93. The smallest absolute Gasteiger partial charge is 0.0959 e. The fourth-order valence-electron chi connectivity index (χ4n) is 3.02. The molecule has 3 heteroatoms. The maximum Gasteiger partial charge on any atom is 0.0959 e. The molecule has 0 saturated carbocycles. The number of aromatic nitrogens is 2. The summed E-state index contributed by atoms with van der Waals surface area (Å²) in [6.07, 6.45) is 3.12. The first-order chi connectivity index (χ1) is 11.7. The quantitative estimate of drug-likeness (QED) is 0.743. The van der Waals surface area contributed by atoms with Crippen LogP contribution in [-0.4, -0.2) is 20.8 Å². The molecule has 2 aromatic carbocycles. The predicted octanol–water partition coefficient (Wildman–Crippen LogP) is 4.08. The molecule has 3 aromatic rings. The number of hydrogen-bond donors (Lipinski definition) is 1. The molecular formula is C21H24N2O. The van der Waals surface area contributed by atoms with E-state index in [0.29, 0.717) is 6.42 Å². The van der Waals surface area contributed by atoms with Crippen molar-refractivity contribution in [1.82, 2.24) is 9.55 Å². The first-order valence-electron chi connectivity index (χ1n) is 8.52. The van der Waals surface area contributed by atoms with Crippen LogP contribution in [0.4, 0.5) is 0 Å². The number of aliphatic hydroxyl groups is 1. The number of aliphatic hydroxyl groups excluding tert-OH is 1. The van der Waals surface area contributed by atoms with Crippen LogP contribution in [0.1, 0.15) is 30.7 Å². The SMILES string of the molecule is CCc1cccc(Cn2cnc(-c3ccccc3)c2CC(C)O)c1. The van der Waals surface area contributed by atoms with E-state index in [1.165, 1.54) is 11.1 Å². The molecule has 3 nitrogen and oxygen atoms in total. The Labute approximate surface area is 143 Å². The van der Waals surface area contributed by atoms with E-state index in [4.69, 9.17) is 0 Å². The lowest BCUT2D eigenvalue weighted by molar-refractivity contribution is 0.193. The average Bonchev–Trinajstić information content (AvgIpc) is 2.97. The highest BCUT2D eigenvalue weighted by atomic mass is 16.3. The fourth-order valence-corrected chi connectivity index (χ4v) is 3.02. The van der Waals surface area contributed by atoms with E-state index in [1.54, 1.807) is 0 Å². The van der Waals surface area contributed by atoms with Gasteiger partial charge in [-0.15, -0.1) is 0 Å². The number of hydrogen-bond acceptors (Lipinski definition) is 2. The number of aryl methyl sites for hydroxylation is 1. The Morgan fingerprint density at radius 2 is 1.79 bits per heavy atom. The van der Waals surface area contributed by atoms with E-state index < -0.39 is 6.10 Å². The standard InChI is InChI=1S/C21H24N2O/c1-3-17-8-7-9-18(13-17)14-23-15-22-21(20(23)12-16(2)24)19-10-5-4-6-11-19/h4-11,13,15-16,24H,3,12,14H2,1-2H3. The number of imidazole rings is 1. The fraction of sp³-hybridized carbons (Fsp3) is 0.286. The van der Waals surface area contributed by atoms with Gasteiger partial charge in [0.05, 0.1) is 18.1 Å². The van der Waals surface area contributed by atoms with E-state index in [1.807, 2.05) is 31.5 Å². The molecule has 24 heavy (non-hydrogen) atoms. The Bertz CT molecular complexity index is 791. The van der Waals surface area contributed by atoms with Gasteiger partial charge in [0.2, 0.25) is 0 Å². The summed E-state index contributed by atoms with van der Waals surface area (Å²) >= 11 is 0. The highest BCUT2D eigenvalue weighted by molar-refractivity contribution is 5.62. The molecule has 0 aliphatic heterocycles. The van der Waals surface area contributed by atoms with Crippen LogP contribution in [0.3, 0.4) is 0 Å². The maximum absolute atomic E-state index is 9.93. The van der Waals surface area contributed by atoms with Crippen LogP contribution in [0, 0.1) is 0 Å². The van der Waals surface area contributed by atoms with Crippen molar-refractivity contribution in [3.63, 3.8) is 0 Å². The van der Waals surface area contributed by atoms with Crippen molar-refractivity contribution in [1.29, 1.82) is 0 Å². The summed E-state index contributed by atoms with van der Waals surface area (Å²) in [5.41, 5.74) is 5.74. The average molecular weight is 320 g/mol. The van der Waals surface area contributed by atoms with Crippen molar-refractivity contribution >= 4 is 0 Å².